The highest BCUT2D eigenvalue weighted by Crippen LogP contribution is 2.61. The highest BCUT2D eigenvalue weighted by Gasteiger charge is 2.54. The van der Waals surface area contributed by atoms with Crippen LogP contribution in [0.15, 0.2) is 52.3 Å². The smallest absolute Gasteiger partial charge is 0.333 e. The van der Waals surface area contributed by atoms with E-state index < -0.39 is 27.5 Å². The van der Waals surface area contributed by atoms with Gasteiger partial charge in [-0.05, 0) is 55.5 Å². The second-order valence-electron chi connectivity index (χ2n) is 9.46. The minimum absolute atomic E-state index is 0.0328. The number of aliphatic hydroxyl groups is 1. The van der Waals surface area contributed by atoms with E-state index in [9.17, 15) is 24.3 Å². The first-order valence-corrected chi connectivity index (χ1v) is 15.3. The Morgan fingerprint density at radius 2 is 1.68 bits per heavy atom. The molecule has 200 valence electrons. The lowest BCUT2D eigenvalue weighted by atomic mass is 9.82. The average Bonchev–Trinajstić information content (AvgIpc) is 3.21. The van der Waals surface area contributed by atoms with Crippen LogP contribution in [0, 0.1) is 0 Å². The van der Waals surface area contributed by atoms with Gasteiger partial charge in [-0.25, -0.2) is 4.79 Å². The third-order valence-electron chi connectivity index (χ3n) is 6.83. The van der Waals surface area contributed by atoms with Crippen molar-refractivity contribution in [2.24, 2.45) is 0 Å². The van der Waals surface area contributed by atoms with Crippen molar-refractivity contribution in [3.05, 3.63) is 53.6 Å². The molecule has 3 aliphatic heterocycles. The first-order valence-electron chi connectivity index (χ1n) is 12.5. The van der Waals surface area contributed by atoms with Crippen LogP contribution < -0.4 is 5.32 Å². The number of hydroxylamine groups is 2. The largest absolute Gasteiger partial charge is 0.378 e. The monoisotopic (exact) mass is 572 g/mol. The van der Waals surface area contributed by atoms with Crippen LogP contribution in [0.2, 0.25) is 0 Å². The Morgan fingerprint density at radius 1 is 1.00 bits per heavy atom. The van der Waals surface area contributed by atoms with Gasteiger partial charge in [0.05, 0.1) is 4.08 Å². The van der Waals surface area contributed by atoms with E-state index in [1.54, 1.807) is 35.3 Å². The number of fused-ring (bicyclic) bond motifs is 2. The first-order chi connectivity index (χ1) is 18.2. The Balaban J connectivity index is 1.28. The average molecular weight is 573 g/mol. The molecule has 1 atom stereocenters. The van der Waals surface area contributed by atoms with Gasteiger partial charge in [-0.1, -0.05) is 30.0 Å². The molecule has 3 amide bonds. The maximum Gasteiger partial charge on any atom is 0.333 e. The number of nitrogens with one attached hydrogen (secondary N) is 1. The van der Waals surface area contributed by atoms with E-state index in [1.165, 1.54) is 0 Å². The Kier molecular flexibility index (Phi) is 7.82. The van der Waals surface area contributed by atoms with Crippen LogP contribution in [-0.4, -0.2) is 49.4 Å². The molecule has 5 rings (SSSR count). The molecule has 11 heteroatoms. The van der Waals surface area contributed by atoms with Gasteiger partial charge in [-0.15, -0.1) is 28.6 Å². The molecule has 0 spiro atoms. The van der Waals surface area contributed by atoms with Crippen LogP contribution in [0.3, 0.4) is 0 Å². The van der Waals surface area contributed by atoms with Crippen LogP contribution >= 0.6 is 35.3 Å². The van der Waals surface area contributed by atoms with E-state index in [0.717, 1.165) is 38.8 Å². The molecule has 3 aliphatic rings. The highest BCUT2D eigenvalue weighted by molar-refractivity contribution is 8.18. The molecule has 2 saturated heterocycles. The molecule has 0 radical (unpaired) electrons. The second-order valence-corrected chi connectivity index (χ2v) is 13.8. The summed E-state index contributed by atoms with van der Waals surface area (Å²) in [5.74, 6) is -0.149. The molecular weight excluding hydrogens is 545 g/mol. The molecule has 0 aromatic heterocycles. The summed E-state index contributed by atoms with van der Waals surface area (Å²) >= 11 is 5.15. The minimum Gasteiger partial charge on any atom is -0.378 e. The van der Waals surface area contributed by atoms with Crippen LogP contribution in [0.5, 0.6) is 0 Å². The molecule has 38 heavy (non-hydrogen) atoms. The van der Waals surface area contributed by atoms with Crippen molar-refractivity contribution >= 4 is 64.7 Å². The molecule has 8 nitrogen and oxygen atoms in total. The minimum atomic E-state index is -1.26. The summed E-state index contributed by atoms with van der Waals surface area (Å²) in [6.07, 6.45) is 1.31. The zero-order chi connectivity index (χ0) is 26.9. The molecule has 0 saturated carbocycles. The van der Waals surface area contributed by atoms with Gasteiger partial charge in [-0.3, -0.25) is 14.4 Å². The maximum absolute atomic E-state index is 12.7. The van der Waals surface area contributed by atoms with Crippen molar-refractivity contribution in [2.75, 3.05) is 16.8 Å². The molecular formula is C27H28N2O6S3. The van der Waals surface area contributed by atoms with E-state index in [4.69, 9.17) is 4.84 Å². The number of thioether (sulfide) groups is 2. The number of amides is 3. The number of nitrogens with zero attached hydrogens (tertiary/aromatic N) is 1. The van der Waals surface area contributed by atoms with E-state index >= 15 is 0 Å². The SMILES string of the molecule is CC1(C2(O)c3ccccc3Sc3ccc(NC(=O)CCCC(=O)ON4C(=O)CCC4=O)cc32)SCCCS1. The summed E-state index contributed by atoms with van der Waals surface area (Å²) in [6.45, 7) is 2.10. The summed E-state index contributed by atoms with van der Waals surface area (Å²) in [5.41, 5.74) is 0.956. The topological polar surface area (TPSA) is 113 Å². The number of imide groups is 1. The van der Waals surface area contributed by atoms with Crippen molar-refractivity contribution in [2.45, 2.75) is 64.9 Å². The Labute approximate surface area is 233 Å². The molecule has 2 fully saturated rings. The van der Waals surface area contributed by atoms with Gasteiger partial charge in [0.25, 0.3) is 11.8 Å². The molecule has 0 aliphatic carbocycles. The lowest BCUT2D eigenvalue weighted by Gasteiger charge is -2.49. The Hall–Kier alpha value is -2.47. The van der Waals surface area contributed by atoms with E-state index in [0.29, 0.717) is 10.8 Å². The first kappa shape index (κ1) is 27.1. The van der Waals surface area contributed by atoms with Crippen molar-refractivity contribution in [3.8, 4) is 0 Å². The van der Waals surface area contributed by atoms with Gasteiger partial charge in [-0.2, -0.15) is 0 Å². The van der Waals surface area contributed by atoms with Gasteiger partial charge in [0.15, 0.2) is 0 Å². The molecule has 1 unspecified atom stereocenters. The quantitative estimate of drug-likeness (QED) is 0.456. The van der Waals surface area contributed by atoms with E-state index in [1.807, 2.05) is 42.5 Å². The summed E-state index contributed by atoms with van der Waals surface area (Å²) in [4.78, 5) is 54.7. The van der Waals surface area contributed by atoms with Crippen molar-refractivity contribution < 1.29 is 29.1 Å². The third kappa shape index (κ3) is 5.09. The molecule has 2 aromatic rings. The van der Waals surface area contributed by atoms with Gasteiger partial charge in [0, 0.05) is 52.3 Å². The standard InChI is InChI=1S/C27H28N2O6S3/c1-26(36-14-5-15-37-26)27(34)18-6-2-3-7-20(18)38-21-11-10-17(16-19(21)27)28-22(30)8-4-9-25(33)35-29-23(31)12-13-24(29)32/h2-3,6-7,10-11,16,34H,4-5,8-9,12-15H2,1H3,(H,28,30). The third-order valence-corrected chi connectivity index (χ3v) is 11.4. The molecule has 2 N–H and O–H groups in total. The van der Waals surface area contributed by atoms with Crippen LogP contribution in [0.4, 0.5) is 5.69 Å². The maximum atomic E-state index is 12.7. The predicted molar refractivity (Wildman–Crippen MR) is 148 cm³/mol. The van der Waals surface area contributed by atoms with Crippen LogP contribution in [-0.2, 0) is 29.6 Å². The number of carbonyl (C=O) groups is 4. The number of rotatable bonds is 7. The van der Waals surface area contributed by atoms with E-state index in [2.05, 4.69) is 12.2 Å². The summed E-state index contributed by atoms with van der Waals surface area (Å²) in [7, 11) is 0. The summed E-state index contributed by atoms with van der Waals surface area (Å²) in [5, 5.41) is 15.9. The molecule has 0 bridgehead atoms. The number of hydrogen-bond acceptors (Lipinski definition) is 9. The van der Waals surface area contributed by atoms with Crippen molar-refractivity contribution in [1.82, 2.24) is 5.06 Å². The molecule has 3 heterocycles. The number of carbonyl (C=O) groups excluding carboxylic acids is 4. The van der Waals surface area contributed by atoms with Crippen molar-refractivity contribution in [3.63, 3.8) is 0 Å². The highest BCUT2D eigenvalue weighted by atomic mass is 32.2. The normalized spacial score (nSPS) is 22.0. The predicted octanol–water partition coefficient (Wildman–Crippen LogP) is 4.69. The fourth-order valence-corrected chi connectivity index (χ4v) is 9.24. The van der Waals surface area contributed by atoms with Gasteiger partial charge in [0.2, 0.25) is 5.91 Å². The Bertz CT molecular complexity index is 1280. The fraction of sp³-hybridized carbons (Fsp3) is 0.407. The van der Waals surface area contributed by atoms with Gasteiger partial charge < -0.3 is 15.3 Å². The van der Waals surface area contributed by atoms with Gasteiger partial charge >= 0.3 is 5.97 Å². The second kappa shape index (κ2) is 11.0. The number of anilines is 1. The zero-order valence-electron chi connectivity index (χ0n) is 20.9. The summed E-state index contributed by atoms with van der Waals surface area (Å²) in [6, 6.07) is 13.6. The van der Waals surface area contributed by atoms with Crippen LogP contribution in [0.25, 0.3) is 0 Å². The molecule has 2 aromatic carbocycles. The summed E-state index contributed by atoms with van der Waals surface area (Å²) < 4.78 is -0.502. The number of benzene rings is 2. The Morgan fingerprint density at radius 3 is 2.42 bits per heavy atom. The van der Waals surface area contributed by atoms with Crippen molar-refractivity contribution in [1.29, 1.82) is 0 Å². The lowest BCUT2D eigenvalue weighted by Crippen LogP contribution is -2.49. The van der Waals surface area contributed by atoms with Gasteiger partial charge in [0.1, 0.15) is 5.60 Å². The number of hydrogen-bond donors (Lipinski definition) is 2. The van der Waals surface area contributed by atoms with E-state index in [-0.39, 0.29) is 38.0 Å². The van der Waals surface area contributed by atoms with Crippen LogP contribution in [0.1, 0.15) is 56.6 Å². The zero-order valence-corrected chi connectivity index (χ0v) is 23.3. The fourth-order valence-electron chi connectivity index (χ4n) is 4.85. The lowest BCUT2D eigenvalue weighted by molar-refractivity contribution is -0.197.